The molecule has 102 valence electrons. The molecule has 1 aromatic heterocycles. The maximum atomic E-state index is 13.0. The van der Waals surface area contributed by atoms with Crippen LogP contribution in [0, 0.1) is 18.6 Å². The van der Waals surface area contributed by atoms with Gasteiger partial charge in [0.25, 0.3) is 0 Å². The van der Waals surface area contributed by atoms with Crippen molar-refractivity contribution < 1.29 is 13.2 Å². The fourth-order valence-electron chi connectivity index (χ4n) is 1.80. The summed E-state index contributed by atoms with van der Waals surface area (Å²) in [6.07, 6.45) is 1.72. The number of halogens is 3. The largest absolute Gasteiger partial charge is 0.364 e. The predicted octanol–water partition coefficient (Wildman–Crippen LogP) is 3.05. The zero-order valence-electron chi connectivity index (χ0n) is 10.5. The van der Waals surface area contributed by atoms with Crippen LogP contribution < -0.4 is 5.32 Å². The van der Waals surface area contributed by atoms with E-state index in [9.17, 15) is 13.2 Å². The number of nitrogens with zero attached hydrogens (tertiary/aromatic N) is 2. The molecule has 0 saturated heterocycles. The van der Waals surface area contributed by atoms with Gasteiger partial charge in [-0.3, -0.25) is 4.68 Å². The number of rotatable bonds is 5. The highest BCUT2D eigenvalue weighted by molar-refractivity contribution is 5.42. The van der Waals surface area contributed by atoms with Crippen molar-refractivity contribution in [3.05, 3.63) is 47.2 Å². The Morgan fingerprint density at radius 2 is 1.89 bits per heavy atom. The maximum Gasteiger partial charge on any atom is 0.151 e. The molecule has 2 aromatic rings. The molecule has 0 aliphatic heterocycles. The van der Waals surface area contributed by atoms with E-state index in [0.717, 1.165) is 11.6 Å². The van der Waals surface area contributed by atoms with Crippen molar-refractivity contribution in [2.24, 2.45) is 0 Å². The molecule has 1 N–H and O–H groups in total. The van der Waals surface area contributed by atoms with E-state index in [2.05, 4.69) is 10.4 Å². The third-order valence-corrected chi connectivity index (χ3v) is 2.64. The number of alkyl halides is 1. The highest BCUT2D eigenvalue weighted by Crippen LogP contribution is 2.14. The minimum Gasteiger partial charge on any atom is -0.364 e. The van der Waals surface area contributed by atoms with Gasteiger partial charge in [-0.25, -0.2) is 13.2 Å². The number of nitrogens with one attached hydrogen (secondary N) is 1. The minimum absolute atomic E-state index is 0.192. The van der Waals surface area contributed by atoms with Crippen LogP contribution in [0.25, 0.3) is 0 Å². The molecule has 0 aliphatic rings. The molecule has 0 amide bonds. The van der Waals surface area contributed by atoms with Crippen LogP contribution in [0.1, 0.15) is 11.1 Å². The molecule has 3 nitrogen and oxygen atoms in total. The molecule has 0 aliphatic carbocycles. The fraction of sp³-hybridized carbons (Fsp3) is 0.308. The predicted molar refractivity (Wildman–Crippen MR) is 66.6 cm³/mol. The molecule has 0 bridgehead atoms. The molecule has 19 heavy (non-hydrogen) atoms. The second-order valence-corrected chi connectivity index (χ2v) is 4.24. The highest BCUT2D eigenvalue weighted by Gasteiger charge is 2.06. The first-order chi connectivity index (χ1) is 9.08. The lowest BCUT2D eigenvalue weighted by molar-refractivity contribution is 0.427. The average molecular weight is 269 g/mol. The Morgan fingerprint density at radius 3 is 2.53 bits per heavy atom. The molecule has 6 heteroatoms. The van der Waals surface area contributed by atoms with Crippen LogP contribution in [-0.4, -0.2) is 16.5 Å². The molecular weight excluding hydrogens is 255 g/mol. The SMILES string of the molecule is Cc1cn(CCF)nc1NCc1cc(F)cc(F)c1. The summed E-state index contributed by atoms with van der Waals surface area (Å²) < 4.78 is 39.7. The van der Waals surface area contributed by atoms with E-state index in [1.54, 1.807) is 6.20 Å². The van der Waals surface area contributed by atoms with Gasteiger partial charge >= 0.3 is 0 Å². The molecule has 1 heterocycles. The number of hydrogen-bond donors (Lipinski definition) is 1. The summed E-state index contributed by atoms with van der Waals surface area (Å²) in [5.41, 5.74) is 1.34. The second kappa shape index (κ2) is 5.77. The third kappa shape index (κ3) is 3.49. The van der Waals surface area contributed by atoms with Crippen molar-refractivity contribution in [2.45, 2.75) is 20.0 Å². The van der Waals surface area contributed by atoms with E-state index in [1.807, 2.05) is 6.92 Å². The van der Waals surface area contributed by atoms with Crippen molar-refractivity contribution in [3.8, 4) is 0 Å². The lowest BCUT2D eigenvalue weighted by Gasteiger charge is -2.05. The monoisotopic (exact) mass is 269 g/mol. The first-order valence-electron chi connectivity index (χ1n) is 5.87. The Balaban J connectivity index is 2.05. The van der Waals surface area contributed by atoms with Crippen LogP contribution in [0.5, 0.6) is 0 Å². The van der Waals surface area contributed by atoms with E-state index in [-0.39, 0.29) is 13.1 Å². The third-order valence-electron chi connectivity index (χ3n) is 2.64. The summed E-state index contributed by atoms with van der Waals surface area (Å²) in [5, 5.41) is 7.11. The highest BCUT2D eigenvalue weighted by atomic mass is 19.1. The average Bonchev–Trinajstić information content (AvgIpc) is 2.66. The molecule has 0 radical (unpaired) electrons. The van der Waals surface area contributed by atoms with Gasteiger partial charge in [-0.1, -0.05) is 0 Å². The van der Waals surface area contributed by atoms with E-state index < -0.39 is 18.3 Å². The van der Waals surface area contributed by atoms with E-state index in [0.29, 0.717) is 11.4 Å². The number of aromatic nitrogens is 2. The van der Waals surface area contributed by atoms with E-state index in [1.165, 1.54) is 16.8 Å². The lowest BCUT2D eigenvalue weighted by Crippen LogP contribution is -2.04. The van der Waals surface area contributed by atoms with Crippen molar-refractivity contribution in [1.82, 2.24) is 9.78 Å². The van der Waals surface area contributed by atoms with Gasteiger partial charge < -0.3 is 5.32 Å². The summed E-state index contributed by atoms with van der Waals surface area (Å²) in [7, 11) is 0. The van der Waals surface area contributed by atoms with Gasteiger partial charge in [-0.15, -0.1) is 0 Å². The second-order valence-electron chi connectivity index (χ2n) is 4.24. The fourth-order valence-corrected chi connectivity index (χ4v) is 1.80. The van der Waals surface area contributed by atoms with Crippen LogP contribution in [-0.2, 0) is 13.1 Å². The van der Waals surface area contributed by atoms with E-state index in [4.69, 9.17) is 0 Å². The topological polar surface area (TPSA) is 29.9 Å². The summed E-state index contributed by atoms with van der Waals surface area (Å²) in [4.78, 5) is 0. The Kier molecular flexibility index (Phi) is 4.09. The van der Waals surface area contributed by atoms with Gasteiger partial charge in [0.1, 0.15) is 18.3 Å². The van der Waals surface area contributed by atoms with Gasteiger partial charge in [0.15, 0.2) is 5.82 Å². The Hall–Kier alpha value is -1.98. The quantitative estimate of drug-likeness (QED) is 0.904. The van der Waals surface area contributed by atoms with Crippen LogP contribution >= 0.6 is 0 Å². The van der Waals surface area contributed by atoms with Gasteiger partial charge in [0.2, 0.25) is 0 Å². The first kappa shape index (κ1) is 13.5. The lowest BCUT2D eigenvalue weighted by atomic mass is 10.2. The molecule has 1 aromatic carbocycles. The van der Waals surface area contributed by atoms with Gasteiger partial charge in [0, 0.05) is 24.4 Å². The van der Waals surface area contributed by atoms with Crippen molar-refractivity contribution in [3.63, 3.8) is 0 Å². The van der Waals surface area contributed by atoms with Crippen molar-refractivity contribution >= 4 is 5.82 Å². The number of anilines is 1. The van der Waals surface area contributed by atoms with Crippen LogP contribution in [0.4, 0.5) is 19.0 Å². The summed E-state index contributed by atoms with van der Waals surface area (Å²) in [6, 6.07) is 3.33. The van der Waals surface area contributed by atoms with E-state index >= 15 is 0 Å². The Labute approximate surface area is 109 Å². The molecule has 0 spiro atoms. The van der Waals surface area contributed by atoms with Crippen LogP contribution in [0.2, 0.25) is 0 Å². The minimum atomic E-state index is -0.614. The summed E-state index contributed by atoms with van der Waals surface area (Å²) in [5.74, 6) is -0.647. The van der Waals surface area contributed by atoms with Crippen molar-refractivity contribution in [2.75, 3.05) is 12.0 Å². The smallest absolute Gasteiger partial charge is 0.151 e. The molecule has 0 unspecified atom stereocenters. The number of hydrogen-bond acceptors (Lipinski definition) is 2. The molecule has 0 saturated carbocycles. The molecule has 2 rings (SSSR count). The first-order valence-corrected chi connectivity index (χ1v) is 5.87. The zero-order chi connectivity index (χ0) is 13.8. The zero-order valence-corrected chi connectivity index (χ0v) is 10.5. The van der Waals surface area contributed by atoms with Gasteiger partial charge in [0.05, 0.1) is 6.54 Å². The standard InChI is InChI=1S/C13H14F3N3/c1-9-8-19(3-2-14)18-13(9)17-7-10-4-11(15)6-12(16)5-10/h4-6,8H,2-3,7H2,1H3,(H,17,18). The molecule has 0 atom stereocenters. The van der Waals surface area contributed by atoms with Crippen molar-refractivity contribution in [1.29, 1.82) is 0 Å². The van der Waals surface area contributed by atoms with Gasteiger partial charge in [-0.05, 0) is 24.6 Å². The Morgan fingerprint density at radius 1 is 1.21 bits per heavy atom. The van der Waals surface area contributed by atoms with Gasteiger partial charge in [-0.2, -0.15) is 5.10 Å². The number of benzene rings is 1. The Bertz CT molecular complexity index is 546. The normalized spacial score (nSPS) is 10.7. The molecular formula is C13H14F3N3. The van der Waals surface area contributed by atoms with Crippen LogP contribution in [0.15, 0.2) is 24.4 Å². The molecule has 0 fully saturated rings. The van der Waals surface area contributed by atoms with Crippen LogP contribution in [0.3, 0.4) is 0 Å². The summed E-state index contributed by atoms with van der Waals surface area (Å²) >= 11 is 0. The summed E-state index contributed by atoms with van der Waals surface area (Å²) in [6.45, 7) is 1.78. The number of aryl methyl sites for hydroxylation is 2. The maximum absolute atomic E-state index is 13.0.